The lowest BCUT2D eigenvalue weighted by molar-refractivity contribution is 0.442. The average molecular weight is 280 g/mol. The number of aromatic nitrogens is 2. The molecular formula is C12H10ClN3OS. The highest BCUT2D eigenvalue weighted by atomic mass is 35.5. The molecule has 0 radical (unpaired) electrons. The van der Waals surface area contributed by atoms with Crippen molar-refractivity contribution >= 4 is 40.1 Å². The number of hydrogen-bond acceptors (Lipinski definition) is 4. The summed E-state index contributed by atoms with van der Waals surface area (Å²) in [5.41, 5.74) is 1.93. The molecule has 3 rings (SSSR count). The number of para-hydroxylation sites is 1. The number of nitrogens with one attached hydrogen (secondary N) is 2. The molecule has 0 aliphatic heterocycles. The van der Waals surface area contributed by atoms with Crippen molar-refractivity contribution < 1.29 is 4.42 Å². The molecule has 0 atom stereocenters. The first-order valence-electron chi connectivity index (χ1n) is 5.35. The molecule has 0 saturated carbocycles. The number of aromatic amines is 1. The highest BCUT2D eigenvalue weighted by Gasteiger charge is 2.07. The van der Waals surface area contributed by atoms with E-state index in [-0.39, 0.29) is 0 Å². The molecule has 0 spiro atoms. The van der Waals surface area contributed by atoms with Gasteiger partial charge in [0.05, 0.1) is 22.4 Å². The van der Waals surface area contributed by atoms with E-state index in [0.29, 0.717) is 10.9 Å². The predicted molar refractivity (Wildman–Crippen MR) is 74.0 cm³/mol. The second kappa shape index (κ2) is 4.59. The Morgan fingerprint density at radius 2 is 2.33 bits per heavy atom. The smallest absolute Gasteiger partial charge is 0.201 e. The number of rotatable bonds is 3. The lowest BCUT2D eigenvalue weighted by atomic mass is 10.2. The summed E-state index contributed by atoms with van der Waals surface area (Å²) in [7, 11) is 0. The fourth-order valence-electron chi connectivity index (χ4n) is 1.70. The number of nitrogens with zero attached hydrogens (tertiary/aromatic N) is 1. The lowest BCUT2D eigenvalue weighted by Crippen LogP contribution is -1.86. The first-order valence-corrected chi connectivity index (χ1v) is 6.54. The summed E-state index contributed by atoms with van der Waals surface area (Å²) in [6.07, 6.45) is 3.47. The molecule has 0 amide bonds. The van der Waals surface area contributed by atoms with Crippen molar-refractivity contribution in [3.05, 3.63) is 41.5 Å². The standard InChI is InChI=1S/C12H10ClN3OS/c1-7-14-6-11(17-7)18-16-10-4-2-3-8-9(13)5-15-12(8)10/h2-6,15-16H,1H3. The van der Waals surface area contributed by atoms with E-state index in [4.69, 9.17) is 16.0 Å². The van der Waals surface area contributed by atoms with E-state index in [9.17, 15) is 0 Å². The van der Waals surface area contributed by atoms with Gasteiger partial charge in [-0.2, -0.15) is 0 Å². The molecule has 2 aromatic heterocycles. The molecule has 1 aromatic carbocycles. The van der Waals surface area contributed by atoms with Crippen molar-refractivity contribution in [2.24, 2.45) is 0 Å². The second-order valence-electron chi connectivity index (χ2n) is 3.77. The van der Waals surface area contributed by atoms with Crippen LogP contribution in [0.2, 0.25) is 5.02 Å². The number of hydrogen-bond donors (Lipinski definition) is 2. The zero-order valence-electron chi connectivity index (χ0n) is 9.53. The van der Waals surface area contributed by atoms with Gasteiger partial charge in [-0.1, -0.05) is 23.7 Å². The minimum Gasteiger partial charge on any atom is -0.433 e. The van der Waals surface area contributed by atoms with Gasteiger partial charge in [0.1, 0.15) is 0 Å². The van der Waals surface area contributed by atoms with Crippen LogP contribution < -0.4 is 4.72 Å². The number of anilines is 1. The maximum atomic E-state index is 6.07. The number of oxazole rings is 1. The molecule has 18 heavy (non-hydrogen) atoms. The van der Waals surface area contributed by atoms with Gasteiger partial charge >= 0.3 is 0 Å². The van der Waals surface area contributed by atoms with Crippen LogP contribution in [0.5, 0.6) is 0 Å². The van der Waals surface area contributed by atoms with Crippen LogP contribution in [0.3, 0.4) is 0 Å². The average Bonchev–Trinajstić information content (AvgIpc) is 2.94. The Balaban J connectivity index is 1.86. The number of H-pyrrole nitrogens is 1. The largest absolute Gasteiger partial charge is 0.433 e. The van der Waals surface area contributed by atoms with Crippen molar-refractivity contribution in [1.29, 1.82) is 0 Å². The SMILES string of the molecule is Cc1ncc(SNc2cccc3c(Cl)c[nH]c23)o1. The Labute approximate surface area is 113 Å². The molecule has 3 aromatic rings. The van der Waals surface area contributed by atoms with Gasteiger partial charge in [0.15, 0.2) is 5.89 Å². The molecular weight excluding hydrogens is 270 g/mol. The van der Waals surface area contributed by atoms with Crippen LogP contribution in [0.4, 0.5) is 5.69 Å². The third kappa shape index (κ3) is 2.07. The van der Waals surface area contributed by atoms with E-state index in [1.165, 1.54) is 11.9 Å². The van der Waals surface area contributed by atoms with E-state index in [2.05, 4.69) is 14.7 Å². The molecule has 4 nitrogen and oxygen atoms in total. The van der Waals surface area contributed by atoms with Gasteiger partial charge in [-0.25, -0.2) is 4.98 Å². The van der Waals surface area contributed by atoms with Crippen molar-refractivity contribution in [3.8, 4) is 0 Å². The van der Waals surface area contributed by atoms with Crippen LogP contribution >= 0.6 is 23.5 Å². The monoisotopic (exact) mass is 279 g/mol. The highest BCUT2D eigenvalue weighted by molar-refractivity contribution is 8.00. The number of halogens is 1. The molecule has 2 N–H and O–H groups in total. The first kappa shape index (κ1) is 11.5. The van der Waals surface area contributed by atoms with Gasteiger partial charge in [0.2, 0.25) is 5.09 Å². The third-order valence-corrected chi connectivity index (χ3v) is 3.55. The second-order valence-corrected chi connectivity index (χ2v) is 4.99. The van der Waals surface area contributed by atoms with Crippen LogP contribution in [0, 0.1) is 6.92 Å². The molecule has 6 heteroatoms. The molecule has 92 valence electrons. The maximum absolute atomic E-state index is 6.07. The van der Waals surface area contributed by atoms with Crippen molar-refractivity contribution in [3.63, 3.8) is 0 Å². The summed E-state index contributed by atoms with van der Waals surface area (Å²) < 4.78 is 8.60. The molecule has 0 aliphatic rings. The predicted octanol–water partition coefficient (Wildman–Crippen LogP) is 4.24. The minimum absolute atomic E-state index is 0.653. The fourth-order valence-corrected chi connectivity index (χ4v) is 2.56. The fraction of sp³-hybridized carbons (Fsp3) is 0.0833. The molecule has 0 aliphatic carbocycles. The van der Waals surface area contributed by atoms with Crippen molar-refractivity contribution in [2.45, 2.75) is 12.0 Å². The minimum atomic E-state index is 0.653. The Bertz CT molecular complexity index is 692. The number of aryl methyl sites for hydroxylation is 1. The Hall–Kier alpha value is -1.59. The lowest BCUT2D eigenvalue weighted by Gasteiger charge is -2.04. The summed E-state index contributed by atoms with van der Waals surface area (Å²) in [4.78, 5) is 7.18. The van der Waals surface area contributed by atoms with Gasteiger partial charge < -0.3 is 14.1 Å². The van der Waals surface area contributed by atoms with E-state index in [1.807, 2.05) is 25.1 Å². The number of benzene rings is 1. The summed E-state index contributed by atoms with van der Waals surface area (Å²) in [6, 6.07) is 5.91. The Kier molecular flexibility index (Phi) is 2.93. The van der Waals surface area contributed by atoms with Crippen LogP contribution in [-0.2, 0) is 0 Å². The zero-order chi connectivity index (χ0) is 12.5. The van der Waals surface area contributed by atoms with Crippen molar-refractivity contribution in [1.82, 2.24) is 9.97 Å². The number of fused-ring (bicyclic) bond motifs is 1. The topological polar surface area (TPSA) is 53.9 Å². The molecule has 0 bridgehead atoms. The normalized spacial score (nSPS) is 11.0. The first-order chi connectivity index (χ1) is 8.74. The molecule has 0 unspecified atom stereocenters. The Morgan fingerprint density at radius 3 is 3.11 bits per heavy atom. The molecule has 2 heterocycles. The van der Waals surface area contributed by atoms with E-state index < -0.39 is 0 Å². The van der Waals surface area contributed by atoms with Crippen molar-refractivity contribution in [2.75, 3.05) is 4.72 Å². The molecule has 0 saturated heterocycles. The highest BCUT2D eigenvalue weighted by Crippen LogP contribution is 2.31. The summed E-state index contributed by atoms with van der Waals surface area (Å²) in [5.74, 6) is 0.653. The van der Waals surface area contributed by atoms with E-state index in [1.54, 1.807) is 12.4 Å². The summed E-state index contributed by atoms with van der Waals surface area (Å²) in [5, 5.41) is 2.44. The van der Waals surface area contributed by atoms with Gasteiger partial charge in [-0.3, -0.25) is 0 Å². The van der Waals surface area contributed by atoms with Crippen LogP contribution in [0.1, 0.15) is 5.89 Å². The van der Waals surface area contributed by atoms with Crippen LogP contribution in [0.15, 0.2) is 40.1 Å². The zero-order valence-corrected chi connectivity index (χ0v) is 11.1. The van der Waals surface area contributed by atoms with E-state index >= 15 is 0 Å². The Morgan fingerprint density at radius 1 is 1.44 bits per heavy atom. The summed E-state index contributed by atoms with van der Waals surface area (Å²) >= 11 is 7.45. The van der Waals surface area contributed by atoms with Gasteiger partial charge in [0, 0.05) is 30.5 Å². The van der Waals surface area contributed by atoms with E-state index in [0.717, 1.165) is 21.7 Å². The van der Waals surface area contributed by atoms with Crippen LogP contribution in [0.25, 0.3) is 10.9 Å². The third-order valence-electron chi connectivity index (χ3n) is 2.53. The van der Waals surface area contributed by atoms with Gasteiger partial charge in [-0.15, -0.1) is 0 Å². The summed E-state index contributed by atoms with van der Waals surface area (Å²) in [6.45, 7) is 1.82. The molecule has 0 fully saturated rings. The van der Waals surface area contributed by atoms with Crippen LogP contribution in [-0.4, -0.2) is 9.97 Å². The maximum Gasteiger partial charge on any atom is 0.201 e. The van der Waals surface area contributed by atoms with Gasteiger partial charge in [0.25, 0.3) is 0 Å². The van der Waals surface area contributed by atoms with Gasteiger partial charge in [-0.05, 0) is 6.07 Å². The quantitative estimate of drug-likeness (QED) is 0.704.